The van der Waals surface area contributed by atoms with Gasteiger partial charge in [-0.3, -0.25) is 9.59 Å². The molecule has 0 radical (unpaired) electrons. The van der Waals surface area contributed by atoms with E-state index < -0.39 is 6.04 Å². The highest BCUT2D eigenvalue weighted by atomic mass is 16.5. The number of carbonyl (C=O) groups excluding carboxylic acids is 2. The van der Waals surface area contributed by atoms with E-state index in [2.05, 4.69) is 10.6 Å². The highest BCUT2D eigenvalue weighted by molar-refractivity contribution is 5.97. The zero-order valence-electron chi connectivity index (χ0n) is 19.6. The quantitative estimate of drug-likeness (QED) is 0.520. The van der Waals surface area contributed by atoms with Gasteiger partial charge in [0.05, 0.1) is 20.3 Å². The number of ether oxygens (including phenoxy) is 3. The second-order valence-electron chi connectivity index (χ2n) is 7.70. The largest absolute Gasteiger partial charge is 0.494 e. The molecule has 0 aliphatic heterocycles. The molecule has 2 aromatic rings. The lowest BCUT2D eigenvalue weighted by atomic mass is 10.0. The van der Waals surface area contributed by atoms with E-state index in [4.69, 9.17) is 14.2 Å². The van der Waals surface area contributed by atoms with Crippen LogP contribution < -0.4 is 24.8 Å². The molecule has 1 unspecified atom stereocenters. The van der Waals surface area contributed by atoms with Crippen LogP contribution in [0.15, 0.2) is 42.5 Å². The summed E-state index contributed by atoms with van der Waals surface area (Å²) in [6.45, 7) is 9.20. The lowest BCUT2D eigenvalue weighted by molar-refractivity contribution is -0.124. The molecule has 1 atom stereocenters. The van der Waals surface area contributed by atoms with Gasteiger partial charge in [-0.15, -0.1) is 0 Å². The summed E-state index contributed by atoms with van der Waals surface area (Å²) in [6.07, 6.45) is 0.903. The summed E-state index contributed by atoms with van der Waals surface area (Å²) in [5, 5.41) is 5.75. The minimum Gasteiger partial charge on any atom is -0.494 e. The van der Waals surface area contributed by atoms with Gasteiger partial charge in [0.2, 0.25) is 5.91 Å². The predicted octanol–water partition coefficient (Wildman–Crippen LogP) is 3.95. The highest BCUT2D eigenvalue weighted by Crippen LogP contribution is 2.28. The van der Waals surface area contributed by atoms with Crippen molar-refractivity contribution in [3.05, 3.63) is 53.6 Å². The van der Waals surface area contributed by atoms with Crippen LogP contribution in [-0.4, -0.2) is 38.2 Å². The number of carbonyl (C=O) groups is 2. The third-order valence-corrected chi connectivity index (χ3v) is 4.82. The number of nitrogens with one attached hydrogen (secondary N) is 2. The Morgan fingerprint density at radius 1 is 0.969 bits per heavy atom. The van der Waals surface area contributed by atoms with Gasteiger partial charge in [0, 0.05) is 12.1 Å². The lowest BCUT2D eigenvalue weighted by Gasteiger charge is -2.22. The maximum Gasteiger partial charge on any atom is 0.251 e. The van der Waals surface area contributed by atoms with Gasteiger partial charge < -0.3 is 24.8 Å². The molecule has 2 rings (SSSR count). The fourth-order valence-electron chi connectivity index (χ4n) is 3.08. The Bertz CT molecular complexity index is 880. The maximum absolute atomic E-state index is 12.8. The van der Waals surface area contributed by atoms with E-state index in [1.165, 1.54) is 0 Å². The van der Waals surface area contributed by atoms with Crippen LogP contribution in [0, 0.1) is 5.92 Å². The molecule has 7 heteroatoms. The summed E-state index contributed by atoms with van der Waals surface area (Å²) in [5.41, 5.74) is 1.35. The Morgan fingerprint density at radius 3 is 2.28 bits per heavy atom. The molecule has 0 spiro atoms. The average molecular weight is 443 g/mol. The normalized spacial score (nSPS) is 11.6. The fourth-order valence-corrected chi connectivity index (χ4v) is 3.08. The molecule has 0 bridgehead atoms. The van der Waals surface area contributed by atoms with Gasteiger partial charge in [0.1, 0.15) is 11.8 Å². The Kier molecular flexibility index (Phi) is 9.85. The summed E-state index contributed by atoms with van der Waals surface area (Å²) in [7, 11) is 1.59. The Hall–Kier alpha value is -3.22. The zero-order chi connectivity index (χ0) is 23.5. The first kappa shape index (κ1) is 25.0. The van der Waals surface area contributed by atoms with Crippen LogP contribution in [0.4, 0.5) is 0 Å². The number of methoxy groups -OCH3 is 1. The van der Waals surface area contributed by atoms with Crippen molar-refractivity contribution in [2.24, 2.45) is 5.92 Å². The molecule has 0 aromatic heterocycles. The Labute approximate surface area is 190 Å². The Balaban J connectivity index is 2.00. The molecule has 0 fully saturated rings. The van der Waals surface area contributed by atoms with Gasteiger partial charge in [0.15, 0.2) is 11.5 Å². The second kappa shape index (κ2) is 12.6. The molecule has 7 nitrogen and oxygen atoms in total. The first-order chi connectivity index (χ1) is 15.4. The van der Waals surface area contributed by atoms with E-state index in [0.717, 1.165) is 12.0 Å². The summed E-state index contributed by atoms with van der Waals surface area (Å²) in [4.78, 5) is 25.5. The lowest BCUT2D eigenvalue weighted by Crippen LogP contribution is -2.49. The molecule has 174 valence electrons. The maximum atomic E-state index is 12.8. The summed E-state index contributed by atoms with van der Waals surface area (Å²) in [6, 6.07) is 11.7. The molecule has 0 aliphatic carbocycles. The zero-order valence-corrected chi connectivity index (χ0v) is 19.6. The van der Waals surface area contributed by atoms with Crippen LogP contribution in [0.5, 0.6) is 17.2 Å². The highest BCUT2D eigenvalue weighted by Gasteiger charge is 2.24. The standard InChI is InChI=1S/C25H34N2O5/c1-6-14-32-21-13-8-18(15-22(21)30-5)16-26-25(29)23(17(3)4)27-24(28)19-9-11-20(12-10-19)31-7-2/h8-13,15,17,23H,6-7,14,16H2,1-5H3,(H,26,29)(H,27,28). The summed E-state index contributed by atoms with van der Waals surface area (Å²) in [5.74, 6) is 1.36. The van der Waals surface area contributed by atoms with Crippen LogP contribution in [0.3, 0.4) is 0 Å². The van der Waals surface area contributed by atoms with E-state index in [-0.39, 0.29) is 17.7 Å². The minimum atomic E-state index is -0.664. The molecular formula is C25H34N2O5. The van der Waals surface area contributed by atoms with Crippen LogP contribution in [0.2, 0.25) is 0 Å². The third kappa shape index (κ3) is 7.18. The topological polar surface area (TPSA) is 85.9 Å². The monoisotopic (exact) mass is 442 g/mol. The molecular weight excluding hydrogens is 408 g/mol. The first-order valence-electron chi connectivity index (χ1n) is 11.0. The molecule has 2 N–H and O–H groups in total. The van der Waals surface area contributed by atoms with Crippen LogP contribution in [0.1, 0.15) is 50.0 Å². The van der Waals surface area contributed by atoms with Crippen molar-refractivity contribution in [2.45, 2.75) is 46.7 Å². The fraction of sp³-hybridized carbons (Fsp3) is 0.440. The van der Waals surface area contributed by atoms with Crippen molar-refractivity contribution in [2.75, 3.05) is 20.3 Å². The molecule has 32 heavy (non-hydrogen) atoms. The van der Waals surface area contributed by atoms with Crippen molar-refractivity contribution >= 4 is 11.8 Å². The number of rotatable bonds is 12. The summed E-state index contributed by atoms with van der Waals surface area (Å²) < 4.78 is 16.5. The van der Waals surface area contributed by atoms with Gasteiger partial charge in [-0.1, -0.05) is 26.8 Å². The van der Waals surface area contributed by atoms with Crippen molar-refractivity contribution in [3.63, 3.8) is 0 Å². The SMILES string of the molecule is CCCOc1ccc(CNC(=O)C(NC(=O)c2ccc(OCC)cc2)C(C)C)cc1OC. The van der Waals surface area contributed by atoms with Gasteiger partial charge in [0.25, 0.3) is 5.91 Å². The predicted molar refractivity (Wildman–Crippen MR) is 124 cm³/mol. The number of hydrogen-bond donors (Lipinski definition) is 2. The Morgan fingerprint density at radius 2 is 1.69 bits per heavy atom. The van der Waals surface area contributed by atoms with E-state index in [9.17, 15) is 9.59 Å². The second-order valence-corrected chi connectivity index (χ2v) is 7.70. The van der Waals surface area contributed by atoms with Gasteiger partial charge in [-0.05, 0) is 61.2 Å². The van der Waals surface area contributed by atoms with Gasteiger partial charge in [-0.25, -0.2) is 0 Å². The van der Waals surface area contributed by atoms with Crippen LogP contribution in [-0.2, 0) is 11.3 Å². The molecule has 2 amide bonds. The van der Waals surface area contributed by atoms with Crippen molar-refractivity contribution in [1.82, 2.24) is 10.6 Å². The van der Waals surface area contributed by atoms with Crippen LogP contribution in [0.25, 0.3) is 0 Å². The number of benzene rings is 2. The van der Waals surface area contributed by atoms with Gasteiger partial charge >= 0.3 is 0 Å². The third-order valence-electron chi connectivity index (χ3n) is 4.82. The van der Waals surface area contributed by atoms with Crippen molar-refractivity contribution in [1.29, 1.82) is 0 Å². The van der Waals surface area contributed by atoms with Crippen LogP contribution >= 0.6 is 0 Å². The molecule has 2 aromatic carbocycles. The first-order valence-corrected chi connectivity index (χ1v) is 11.0. The van der Waals surface area contributed by atoms with Crippen molar-refractivity contribution < 1.29 is 23.8 Å². The van der Waals surface area contributed by atoms with Gasteiger partial charge in [-0.2, -0.15) is 0 Å². The summed E-state index contributed by atoms with van der Waals surface area (Å²) >= 11 is 0. The smallest absolute Gasteiger partial charge is 0.251 e. The molecule has 0 aliphatic rings. The number of hydrogen-bond acceptors (Lipinski definition) is 5. The number of amides is 2. The minimum absolute atomic E-state index is 0.0824. The molecule has 0 saturated carbocycles. The molecule has 0 saturated heterocycles. The van der Waals surface area contributed by atoms with Crippen molar-refractivity contribution in [3.8, 4) is 17.2 Å². The van der Waals surface area contributed by atoms with E-state index in [1.807, 2.05) is 45.9 Å². The van der Waals surface area contributed by atoms with E-state index in [1.54, 1.807) is 31.4 Å². The average Bonchev–Trinajstić information content (AvgIpc) is 2.80. The van der Waals surface area contributed by atoms with E-state index >= 15 is 0 Å². The van der Waals surface area contributed by atoms with E-state index in [0.29, 0.717) is 42.6 Å². The molecule has 0 heterocycles.